The van der Waals surface area contributed by atoms with Crippen LogP contribution in [0.15, 0.2) is 88.8 Å². The van der Waals surface area contributed by atoms with Crippen LogP contribution in [0.5, 0.6) is 11.5 Å². The number of amidine groups is 1. The molecular formula is C25H24N4O5S2. The number of hydrogen-bond donors (Lipinski definition) is 2. The largest absolute Gasteiger partial charge is 0.457 e. The highest BCUT2D eigenvalue weighted by Gasteiger charge is 2.38. The highest BCUT2D eigenvalue weighted by atomic mass is 32.2. The Hall–Kier alpha value is -3.67. The van der Waals surface area contributed by atoms with Crippen molar-refractivity contribution in [2.45, 2.75) is 23.5 Å². The molecule has 3 N–H and O–H groups in total. The van der Waals surface area contributed by atoms with E-state index in [0.717, 1.165) is 0 Å². The summed E-state index contributed by atoms with van der Waals surface area (Å²) < 4.78 is 28.7. The molecule has 36 heavy (non-hydrogen) atoms. The van der Waals surface area contributed by atoms with Crippen molar-refractivity contribution < 1.29 is 22.7 Å². The molecule has 3 aromatic carbocycles. The van der Waals surface area contributed by atoms with Crippen molar-refractivity contribution in [3.63, 3.8) is 0 Å². The number of ether oxygens (including phenoxy) is 1. The molecule has 0 aliphatic carbocycles. The SMILES string of the molecule is CCN1C(=O)C(CC(=O)Nc2cccc(Oc3ccccc3)c2)SC1=Nc1ccc(S(N)(=O)=O)cc1. The highest BCUT2D eigenvalue weighted by molar-refractivity contribution is 8.15. The van der Waals surface area contributed by atoms with E-state index in [1.807, 2.05) is 37.3 Å². The molecule has 11 heteroatoms. The molecule has 1 saturated heterocycles. The Kier molecular flexibility index (Phi) is 7.73. The first-order valence-corrected chi connectivity index (χ1v) is 13.5. The van der Waals surface area contributed by atoms with Gasteiger partial charge in [-0.1, -0.05) is 36.0 Å². The van der Waals surface area contributed by atoms with E-state index < -0.39 is 15.3 Å². The van der Waals surface area contributed by atoms with Crippen molar-refractivity contribution in [1.29, 1.82) is 0 Å². The third-order valence-electron chi connectivity index (χ3n) is 5.19. The van der Waals surface area contributed by atoms with Crippen LogP contribution < -0.4 is 15.2 Å². The number of para-hydroxylation sites is 1. The first kappa shape index (κ1) is 25.4. The summed E-state index contributed by atoms with van der Waals surface area (Å²) in [5.41, 5.74) is 1.02. The number of nitrogens with one attached hydrogen (secondary N) is 1. The molecule has 1 unspecified atom stereocenters. The zero-order chi connectivity index (χ0) is 25.7. The highest BCUT2D eigenvalue weighted by Crippen LogP contribution is 2.32. The van der Waals surface area contributed by atoms with Crippen molar-refractivity contribution in [3.8, 4) is 11.5 Å². The monoisotopic (exact) mass is 524 g/mol. The quantitative estimate of drug-likeness (QED) is 0.456. The van der Waals surface area contributed by atoms with Gasteiger partial charge in [-0.3, -0.25) is 14.5 Å². The van der Waals surface area contributed by atoms with Gasteiger partial charge >= 0.3 is 0 Å². The molecular weight excluding hydrogens is 500 g/mol. The molecule has 1 aliphatic heterocycles. The number of anilines is 1. The second kappa shape index (κ2) is 10.9. The lowest BCUT2D eigenvalue weighted by atomic mass is 10.2. The van der Waals surface area contributed by atoms with Gasteiger partial charge in [0.1, 0.15) is 16.7 Å². The first-order chi connectivity index (χ1) is 17.2. The molecule has 0 spiro atoms. The maximum Gasteiger partial charge on any atom is 0.242 e. The van der Waals surface area contributed by atoms with Gasteiger partial charge in [-0.05, 0) is 55.5 Å². The second-order valence-electron chi connectivity index (χ2n) is 7.82. The number of nitrogens with two attached hydrogens (primary N) is 1. The van der Waals surface area contributed by atoms with E-state index in [1.54, 1.807) is 24.3 Å². The number of amides is 2. The number of hydrogen-bond acceptors (Lipinski definition) is 7. The van der Waals surface area contributed by atoms with Crippen LogP contribution in [0.2, 0.25) is 0 Å². The molecule has 186 valence electrons. The van der Waals surface area contributed by atoms with E-state index >= 15 is 0 Å². The summed E-state index contributed by atoms with van der Waals surface area (Å²) in [4.78, 5) is 31.6. The Balaban J connectivity index is 1.41. The summed E-state index contributed by atoms with van der Waals surface area (Å²) in [5.74, 6) is 0.733. The minimum atomic E-state index is -3.81. The van der Waals surface area contributed by atoms with Crippen molar-refractivity contribution >= 4 is 50.1 Å². The minimum absolute atomic E-state index is 0.0262. The molecule has 1 atom stereocenters. The molecule has 9 nitrogen and oxygen atoms in total. The van der Waals surface area contributed by atoms with Gasteiger partial charge in [0, 0.05) is 24.7 Å². The standard InChI is InChI=1S/C25H24N4O5S2/c1-2-29-24(31)22(35-25(29)28-17-11-13-21(14-12-17)36(26,32)33)16-23(30)27-18-7-6-10-20(15-18)34-19-8-4-3-5-9-19/h3-15,22H,2,16H2,1H3,(H,27,30)(H2,26,32,33). The van der Waals surface area contributed by atoms with Gasteiger partial charge in [-0.15, -0.1) is 0 Å². The second-order valence-corrected chi connectivity index (χ2v) is 10.5. The smallest absolute Gasteiger partial charge is 0.242 e. The fourth-order valence-electron chi connectivity index (χ4n) is 3.48. The zero-order valence-corrected chi connectivity index (χ0v) is 21.0. The van der Waals surface area contributed by atoms with Crippen LogP contribution in [0.1, 0.15) is 13.3 Å². The van der Waals surface area contributed by atoms with Gasteiger partial charge in [0.25, 0.3) is 0 Å². The number of rotatable bonds is 8. The van der Waals surface area contributed by atoms with Crippen molar-refractivity contribution in [3.05, 3.63) is 78.9 Å². The molecule has 3 aromatic rings. The van der Waals surface area contributed by atoms with Crippen LogP contribution >= 0.6 is 11.8 Å². The number of aliphatic imine (C=N–C) groups is 1. The predicted molar refractivity (Wildman–Crippen MR) is 140 cm³/mol. The third kappa shape index (κ3) is 6.30. The Morgan fingerprint density at radius 2 is 1.75 bits per heavy atom. The van der Waals surface area contributed by atoms with E-state index in [0.29, 0.717) is 34.6 Å². The van der Waals surface area contributed by atoms with Crippen molar-refractivity contribution in [2.24, 2.45) is 10.1 Å². The lowest BCUT2D eigenvalue weighted by molar-refractivity contribution is -0.128. The fraction of sp³-hybridized carbons (Fsp3) is 0.160. The summed E-state index contributed by atoms with van der Waals surface area (Å²) in [5, 5.41) is 7.77. The average Bonchev–Trinajstić information content (AvgIpc) is 3.13. The normalized spacial score (nSPS) is 16.8. The number of benzene rings is 3. The first-order valence-electron chi connectivity index (χ1n) is 11.1. The maximum atomic E-state index is 12.9. The fourth-order valence-corrected chi connectivity index (χ4v) is 5.22. The van der Waals surface area contributed by atoms with Crippen LogP contribution in [0.3, 0.4) is 0 Å². The van der Waals surface area contributed by atoms with Gasteiger partial charge in [-0.2, -0.15) is 0 Å². The summed E-state index contributed by atoms with van der Waals surface area (Å²) in [6.07, 6.45) is -0.0346. The number of sulfonamides is 1. The lowest BCUT2D eigenvalue weighted by Gasteiger charge is -2.13. The number of nitrogens with zero attached hydrogens (tertiary/aromatic N) is 2. The summed E-state index contributed by atoms with van der Waals surface area (Å²) in [7, 11) is -3.81. The van der Waals surface area contributed by atoms with E-state index in [2.05, 4.69) is 10.3 Å². The Labute approximate surface area is 213 Å². The average molecular weight is 525 g/mol. The summed E-state index contributed by atoms with van der Waals surface area (Å²) >= 11 is 1.20. The molecule has 1 fully saturated rings. The van der Waals surface area contributed by atoms with Crippen LogP contribution in [-0.4, -0.2) is 42.1 Å². The van der Waals surface area contributed by atoms with Crippen LogP contribution in [0.4, 0.5) is 11.4 Å². The number of primary sulfonamides is 1. The topological polar surface area (TPSA) is 131 Å². The predicted octanol–water partition coefficient (Wildman–Crippen LogP) is 4.11. The Morgan fingerprint density at radius 3 is 2.42 bits per heavy atom. The number of carbonyl (C=O) groups excluding carboxylic acids is 2. The minimum Gasteiger partial charge on any atom is -0.457 e. The van der Waals surface area contributed by atoms with Gasteiger partial charge in [0.05, 0.1) is 10.6 Å². The van der Waals surface area contributed by atoms with E-state index in [4.69, 9.17) is 9.88 Å². The summed E-state index contributed by atoms with van der Waals surface area (Å²) in [6.45, 7) is 2.20. The maximum absolute atomic E-state index is 12.9. The van der Waals surface area contributed by atoms with Crippen LogP contribution in [0, 0.1) is 0 Å². The lowest BCUT2D eigenvalue weighted by Crippen LogP contribution is -2.33. The summed E-state index contributed by atoms with van der Waals surface area (Å²) in [6, 6.07) is 22.0. The zero-order valence-electron chi connectivity index (χ0n) is 19.3. The molecule has 0 bridgehead atoms. The van der Waals surface area contributed by atoms with Gasteiger partial charge < -0.3 is 10.1 Å². The number of carbonyl (C=O) groups is 2. The van der Waals surface area contributed by atoms with Crippen LogP contribution in [-0.2, 0) is 19.6 Å². The van der Waals surface area contributed by atoms with E-state index in [1.165, 1.54) is 40.9 Å². The molecule has 2 amide bonds. The van der Waals surface area contributed by atoms with E-state index in [9.17, 15) is 18.0 Å². The van der Waals surface area contributed by atoms with Gasteiger partial charge in [-0.25, -0.2) is 18.5 Å². The Bertz CT molecular complexity index is 1390. The van der Waals surface area contributed by atoms with Crippen molar-refractivity contribution in [1.82, 2.24) is 4.90 Å². The van der Waals surface area contributed by atoms with Gasteiger partial charge in [0.2, 0.25) is 21.8 Å². The van der Waals surface area contributed by atoms with E-state index in [-0.39, 0.29) is 23.1 Å². The third-order valence-corrected chi connectivity index (χ3v) is 7.30. The van der Waals surface area contributed by atoms with Crippen LogP contribution in [0.25, 0.3) is 0 Å². The van der Waals surface area contributed by atoms with Crippen molar-refractivity contribution in [2.75, 3.05) is 11.9 Å². The molecule has 4 rings (SSSR count). The molecule has 0 radical (unpaired) electrons. The number of thioether (sulfide) groups is 1. The molecule has 1 heterocycles. The van der Waals surface area contributed by atoms with Gasteiger partial charge in [0.15, 0.2) is 5.17 Å². The molecule has 1 aliphatic rings. The molecule has 0 saturated carbocycles. The molecule has 0 aromatic heterocycles. The Morgan fingerprint density at radius 1 is 1.06 bits per heavy atom.